The smallest absolute Gasteiger partial charge is 0.165 e. The van der Waals surface area contributed by atoms with Gasteiger partial charge < -0.3 is 10.1 Å². The van der Waals surface area contributed by atoms with E-state index in [0.717, 1.165) is 12.1 Å². The summed E-state index contributed by atoms with van der Waals surface area (Å²) in [4.78, 5) is 0. The quantitative estimate of drug-likeness (QED) is 0.870. The van der Waals surface area contributed by atoms with E-state index in [4.69, 9.17) is 4.74 Å². The molecule has 2 rings (SSSR count). The third-order valence-corrected chi connectivity index (χ3v) is 3.67. The molecule has 0 heterocycles. The van der Waals surface area contributed by atoms with Gasteiger partial charge in [-0.2, -0.15) is 0 Å². The van der Waals surface area contributed by atoms with Crippen molar-refractivity contribution in [3.63, 3.8) is 0 Å². The van der Waals surface area contributed by atoms with Crippen LogP contribution in [0.1, 0.15) is 25.0 Å². The minimum absolute atomic E-state index is 0.0340. The molecule has 3 heteroatoms. The first kappa shape index (κ1) is 15.5. The Hall–Kier alpha value is -1.87. The van der Waals surface area contributed by atoms with Crippen molar-refractivity contribution in [2.24, 2.45) is 0 Å². The molecule has 112 valence electrons. The molecule has 2 nitrogen and oxygen atoms in total. The number of ether oxygens (including phenoxy) is 1. The Labute approximate surface area is 126 Å². The molecule has 0 aliphatic rings. The zero-order valence-corrected chi connectivity index (χ0v) is 12.8. The largest absolute Gasteiger partial charge is 0.494 e. The summed E-state index contributed by atoms with van der Waals surface area (Å²) in [5, 5.41) is 3.40. The van der Waals surface area contributed by atoms with Crippen molar-refractivity contribution in [2.75, 3.05) is 13.7 Å². The van der Waals surface area contributed by atoms with Crippen LogP contribution in [0.5, 0.6) is 5.75 Å². The zero-order chi connectivity index (χ0) is 15.3. The van der Waals surface area contributed by atoms with E-state index < -0.39 is 0 Å². The Balaban J connectivity index is 1.93. The Bertz CT molecular complexity index is 581. The third kappa shape index (κ3) is 4.05. The molecule has 0 unspecified atom stereocenters. The lowest BCUT2D eigenvalue weighted by atomic mass is 9.84. The van der Waals surface area contributed by atoms with Crippen LogP contribution < -0.4 is 10.1 Å². The van der Waals surface area contributed by atoms with Gasteiger partial charge in [-0.3, -0.25) is 0 Å². The normalized spacial score (nSPS) is 11.4. The summed E-state index contributed by atoms with van der Waals surface area (Å²) >= 11 is 0. The lowest BCUT2D eigenvalue weighted by Gasteiger charge is -2.25. The van der Waals surface area contributed by atoms with Crippen molar-refractivity contribution in [3.8, 4) is 5.75 Å². The number of nitrogens with one attached hydrogen (secondary N) is 1. The average molecular weight is 287 g/mol. The standard InChI is InChI=1S/C18H22FNO/c1-18(2,15-7-5-4-6-8-15)13-20-12-14-9-10-17(21-3)16(19)11-14/h4-11,20H,12-13H2,1-3H3. The number of halogens is 1. The predicted octanol–water partition coefficient (Wildman–Crippen LogP) is 3.90. The van der Waals surface area contributed by atoms with Gasteiger partial charge in [-0.05, 0) is 23.3 Å². The van der Waals surface area contributed by atoms with E-state index >= 15 is 0 Å². The fourth-order valence-corrected chi connectivity index (χ4v) is 2.33. The van der Waals surface area contributed by atoms with E-state index in [1.54, 1.807) is 6.07 Å². The molecule has 0 fully saturated rings. The highest BCUT2D eigenvalue weighted by molar-refractivity contribution is 5.29. The highest BCUT2D eigenvalue weighted by Crippen LogP contribution is 2.22. The molecule has 0 aliphatic carbocycles. The monoisotopic (exact) mass is 287 g/mol. The summed E-state index contributed by atoms with van der Waals surface area (Å²) < 4.78 is 18.5. The summed E-state index contributed by atoms with van der Waals surface area (Å²) in [5.41, 5.74) is 2.24. The molecule has 0 spiro atoms. The summed E-state index contributed by atoms with van der Waals surface area (Å²) in [6.45, 7) is 5.86. The summed E-state index contributed by atoms with van der Waals surface area (Å²) in [5.74, 6) is -0.0394. The van der Waals surface area contributed by atoms with Gasteiger partial charge >= 0.3 is 0 Å². The fraction of sp³-hybridized carbons (Fsp3) is 0.333. The molecular formula is C18H22FNO. The highest BCUT2D eigenvalue weighted by atomic mass is 19.1. The number of rotatable bonds is 6. The van der Waals surface area contributed by atoms with Crippen LogP contribution in [0, 0.1) is 5.82 Å². The maximum atomic E-state index is 13.6. The first-order valence-corrected chi connectivity index (χ1v) is 7.11. The molecule has 2 aromatic carbocycles. The number of hydrogen-bond acceptors (Lipinski definition) is 2. The van der Waals surface area contributed by atoms with Crippen LogP contribution in [0.25, 0.3) is 0 Å². The molecule has 0 aromatic heterocycles. The molecule has 1 N–H and O–H groups in total. The van der Waals surface area contributed by atoms with Crippen LogP contribution >= 0.6 is 0 Å². The third-order valence-electron chi connectivity index (χ3n) is 3.67. The first-order valence-electron chi connectivity index (χ1n) is 7.11. The molecule has 0 amide bonds. The van der Waals surface area contributed by atoms with E-state index in [-0.39, 0.29) is 17.0 Å². The summed E-state index contributed by atoms with van der Waals surface area (Å²) in [7, 11) is 1.47. The van der Waals surface area contributed by atoms with Crippen LogP contribution in [0.2, 0.25) is 0 Å². The van der Waals surface area contributed by atoms with Crippen LogP contribution in [0.4, 0.5) is 4.39 Å². The maximum Gasteiger partial charge on any atom is 0.165 e. The van der Waals surface area contributed by atoms with Crippen molar-refractivity contribution in [1.82, 2.24) is 5.32 Å². The molecule has 0 aliphatic heterocycles. The number of methoxy groups -OCH3 is 1. The van der Waals surface area contributed by atoms with Gasteiger partial charge in [0.15, 0.2) is 11.6 Å². The van der Waals surface area contributed by atoms with E-state index in [1.165, 1.54) is 18.7 Å². The van der Waals surface area contributed by atoms with Gasteiger partial charge in [-0.1, -0.05) is 50.2 Å². The molecule has 0 saturated carbocycles. The van der Waals surface area contributed by atoms with Gasteiger partial charge in [-0.15, -0.1) is 0 Å². The Kier molecular flexibility index (Phi) is 4.97. The SMILES string of the molecule is COc1ccc(CNCC(C)(C)c2ccccc2)cc1F. The maximum absolute atomic E-state index is 13.6. The van der Waals surface area contributed by atoms with Crippen molar-refractivity contribution in [1.29, 1.82) is 0 Å². The molecular weight excluding hydrogens is 265 g/mol. The Morgan fingerprint density at radius 1 is 1.10 bits per heavy atom. The van der Waals surface area contributed by atoms with E-state index in [9.17, 15) is 4.39 Å². The minimum atomic E-state index is -0.320. The second-order valence-electron chi connectivity index (χ2n) is 5.82. The predicted molar refractivity (Wildman–Crippen MR) is 84.1 cm³/mol. The van der Waals surface area contributed by atoms with Gasteiger partial charge in [0.2, 0.25) is 0 Å². The first-order chi connectivity index (χ1) is 10.0. The minimum Gasteiger partial charge on any atom is -0.494 e. The number of hydrogen-bond donors (Lipinski definition) is 1. The number of benzene rings is 2. The molecule has 0 radical (unpaired) electrons. The highest BCUT2D eigenvalue weighted by Gasteiger charge is 2.19. The Morgan fingerprint density at radius 2 is 1.81 bits per heavy atom. The van der Waals surface area contributed by atoms with Crippen LogP contribution in [0.15, 0.2) is 48.5 Å². The molecule has 2 aromatic rings. The van der Waals surface area contributed by atoms with Gasteiger partial charge in [0.25, 0.3) is 0 Å². The van der Waals surface area contributed by atoms with E-state index in [1.807, 2.05) is 12.1 Å². The fourth-order valence-electron chi connectivity index (χ4n) is 2.33. The van der Waals surface area contributed by atoms with E-state index in [0.29, 0.717) is 6.54 Å². The lowest BCUT2D eigenvalue weighted by molar-refractivity contribution is 0.386. The molecule has 21 heavy (non-hydrogen) atoms. The van der Waals surface area contributed by atoms with Gasteiger partial charge in [0.05, 0.1) is 7.11 Å². The second-order valence-corrected chi connectivity index (χ2v) is 5.82. The molecule has 0 bridgehead atoms. The van der Waals surface area contributed by atoms with Crippen molar-refractivity contribution in [3.05, 3.63) is 65.5 Å². The molecule has 0 atom stereocenters. The van der Waals surface area contributed by atoms with Gasteiger partial charge in [0.1, 0.15) is 0 Å². The average Bonchev–Trinajstić information content (AvgIpc) is 2.48. The topological polar surface area (TPSA) is 21.3 Å². The van der Waals surface area contributed by atoms with Crippen molar-refractivity contribution in [2.45, 2.75) is 25.8 Å². The zero-order valence-electron chi connectivity index (χ0n) is 12.8. The Morgan fingerprint density at radius 3 is 2.43 bits per heavy atom. The van der Waals surface area contributed by atoms with Crippen LogP contribution in [-0.2, 0) is 12.0 Å². The van der Waals surface area contributed by atoms with Crippen LogP contribution in [0.3, 0.4) is 0 Å². The van der Waals surface area contributed by atoms with Crippen molar-refractivity contribution >= 4 is 0 Å². The second kappa shape index (κ2) is 6.72. The van der Waals surface area contributed by atoms with Crippen LogP contribution in [-0.4, -0.2) is 13.7 Å². The van der Waals surface area contributed by atoms with E-state index in [2.05, 4.69) is 43.4 Å². The summed E-state index contributed by atoms with van der Waals surface area (Å²) in [6.07, 6.45) is 0. The summed E-state index contributed by atoms with van der Waals surface area (Å²) in [6, 6.07) is 15.4. The van der Waals surface area contributed by atoms with Gasteiger partial charge in [-0.25, -0.2) is 4.39 Å². The van der Waals surface area contributed by atoms with Crippen molar-refractivity contribution < 1.29 is 9.13 Å². The van der Waals surface area contributed by atoms with Gasteiger partial charge in [0, 0.05) is 18.5 Å². The lowest BCUT2D eigenvalue weighted by Crippen LogP contribution is -2.32. The molecule has 0 saturated heterocycles.